The molecule has 1 aliphatic heterocycles. The van der Waals surface area contributed by atoms with E-state index in [0.717, 1.165) is 22.3 Å². The summed E-state index contributed by atoms with van der Waals surface area (Å²) < 4.78 is 11.1. The Labute approximate surface area is 227 Å². The molecule has 10 nitrogen and oxygen atoms in total. The number of carbonyl (C=O) groups is 4. The van der Waals surface area contributed by atoms with E-state index in [1.54, 1.807) is 25.7 Å². The van der Waals surface area contributed by atoms with Crippen molar-refractivity contribution >= 4 is 24.1 Å². The minimum Gasteiger partial charge on any atom is -0.465 e. The van der Waals surface area contributed by atoms with Crippen LogP contribution in [0.25, 0.3) is 11.1 Å². The molecule has 0 aromatic heterocycles. The molecule has 1 heterocycles. The average Bonchev–Trinajstić information content (AvgIpc) is 3.22. The zero-order valence-electron chi connectivity index (χ0n) is 22.5. The van der Waals surface area contributed by atoms with Gasteiger partial charge in [0, 0.05) is 38.5 Å². The molecule has 2 N–H and O–H groups in total. The maximum Gasteiger partial charge on any atom is 0.407 e. The summed E-state index contributed by atoms with van der Waals surface area (Å²) in [6, 6.07) is 14.9. The predicted molar refractivity (Wildman–Crippen MR) is 143 cm³/mol. The number of carboxylic acid groups (broad SMARTS) is 1. The van der Waals surface area contributed by atoms with Crippen molar-refractivity contribution in [1.82, 2.24) is 15.1 Å². The van der Waals surface area contributed by atoms with E-state index in [-0.39, 0.29) is 57.5 Å². The Balaban J connectivity index is 1.37. The van der Waals surface area contributed by atoms with Crippen LogP contribution in [-0.4, -0.2) is 83.4 Å². The zero-order valence-corrected chi connectivity index (χ0v) is 22.5. The van der Waals surface area contributed by atoms with Crippen LogP contribution in [0.1, 0.15) is 50.7 Å². The Morgan fingerprint density at radius 1 is 0.923 bits per heavy atom. The fourth-order valence-corrected chi connectivity index (χ4v) is 4.98. The summed E-state index contributed by atoms with van der Waals surface area (Å²) in [5.74, 6) is -1.00. The lowest BCUT2D eigenvalue weighted by Gasteiger charge is -2.33. The standard InChI is InChI=1S/C29H35N3O7/c1-29(2,3)39-26(34)24(12-13-25(33)31-14-16-32(17-15-31)28(36)37)30-27(35)38-18-23-21-10-6-4-8-19(21)20-9-5-7-11-22(20)23/h4-11,23-24H,12-18H2,1-3H3,(H,30,35)(H,36,37)/t24-/m0/s1. The van der Waals surface area contributed by atoms with Gasteiger partial charge in [0.1, 0.15) is 18.2 Å². The number of esters is 1. The number of carbonyl (C=O) groups excluding carboxylic acids is 3. The number of ether oxygens (including phenoxy) is 2. The van der Waals surface area contributed by atoms with Gasteiger partial charge in [-0.15, -0.1) is 0 Å². The number of fused-ring (bicyclic) bond motifs is 3. The van der Waals surface area contributed by atoms with Crippen LogP contribution in [-0.2, 0) is 19.1 Å². The molecule has 3 amide bonds. The Morgan fingerprint density at radius 2 is 1.46 bits per heavy atom. The fraction of sp³-hybridized carbons (Fsp3) is 0.448. The van der Waals surface area contributed by atoms with E-state index < -0.39 is 29.8 Å². The molecule has 1 saturated heterocycles. The molecule has 0 spiro atoms. The van der Waals surface area contributed by atoms with Gasteiger partial charge < -0.3 is 29.7 Å². The number of amides is 3. The highest BCUT2D eigenvalue weighted by Crippen LogP contribution is 2.44. The molecule has 1 aliphatic carbocycles. The first-order chi connectivity index (χ1) is 18.5. The third kappa shape index (κ3) is 6.87. The van der Waals surface area contributed by atoms with E-state index in [4.69, 9.17) is 14.6 Å². The van der Waals surface area contributed by atoms with E-state index >= 15 is 0 Å². The number of benzene rings is 2. The fourth-order valence-electron chi connectivity index (χ4n) is 4.98. The Hall–Kier alpha value is -4.08. The number of piperazine rings is 1. The summed E-state index contributed by atoms with van der Waals surface area (Å²) in [4.78, 5) is 52.5. The number of nitrogens with one attached hydrogen (secondary N) is 1. The summed E-state index contributed by atoms with van der Waals surface area (Å²) >= 11 is 0. The van der Waals surface area contributed by atoms with E-state index in [9.17, 15) is 19.2 Å². The SMILES string of the molecule is CC(C)(C)OC(=O)[C@H](CCC(=O)N1CCN(C(=O)O)CC1)NC(=O)OCC1c2ccccc2-c2ccccc21. The monoisotopic (exact) mass is 537 g/mol. The topological polar surface area (TPSA) is 125 Å². The molecular weight excluding hydrogens is 502 g/mol. The lowest BCUT2D eigenvalue weighted by Crippen LogP contribution is -2.50. The highest BCUT2D eigenvalue weighted by Gasteiger charge is 2.32. The molecule has 0 saturated carbocycles. The minimum absolute atomic E-state index is 0.0133. The Bertz CT molecular complexity index is 1190. The summed E-state index contributed by atoms with van der Waals surface area (Å²) in [6.45, 7) is 6.29. The minimum atomic E-state index is -1.08. The van der Waals surface area contributed by atoms with Crippen LogP contribution in [0.15, 0.2) is 48.5 Å². The van der Waals surface area contributed by atoms with Gasteiger partial charge in [-0.2, -0.15) is 0 Å². The molecule has 2 aromatic rings. The predicted octanol–water partition coefficient (Wildman–Crippen LogP) is 3.84. The molecule has 1 fully saturated rings. The van der Waals surface area contributed by atoms with Crippen molar-refractivity contribution in [2.75, 3.05) is 32.8 Å². The van der Waals surface area contributed by atoms with Crippen molar-refractivity contribution in [3.05, 3.63) is 59.7 Å². The molecular formula is C29H35N3O7. The molecule has 208 valence electrons. The van der Waals surface area contributed by atoms with Crippen LogP contribution < -0.4 is 5.32 Å². The van der Waals surface area contributed by atoms with Crippen LogP contribution in [0.3, 0.4) is 0 Å². The van der Waals surface area contributed by atoms with E-state index in [0.29, 0.717) is 0 Å². The molecule has 2 aliphatic rings. The third-order valence-corrected chi connectivity index (χ3v) is 6.88. The second-order valence-electron chi connectivity index (χ2n) is 10.7. The second-order valence-corrected chi connectivity index (χ2v) is 10.7. The molecule has 10 heteroatoms. The van der Waals surface area contributed by atoms with Crippen LogP contribution in [0, 0.1) is 0 Å². The van der Waals surface area contributed by atoms with Crippen LogP contribution in [0.4, 0.5) is 9.59 Å². The summed E-state index contributed by atoms with van der Waals surface area (Å²) in [5.41, 5.74) is 3.58. The molecule has 0 unspecified atom stereocenters. The number of hydrogen-bond acceptors (Lipinski definition) is 6. The highest BCUT2D eigenvalue weighted by molar-refractivity contribution is 5.83. The van der Waals surface area contributed by atoms with Gasteiger partial charge in [0.2, 0.25) is 5.91 Å². The van der Waals surface area contributed by atoms with Crippen molar-refractivity contribution in [3.63, 3.8) is 0 Å². The summed E-state index contributed by atoms with van der Waals surface area (Å²) in [6.07, 6.45) is -1.77. The van der Waals surface area contributed by atoms with Gasteiger partial charge in [-0.25, -0.2) is 14.4 Å². The van der Waals surface area contributed by atoms with Crippen molar-refractivity contribution < 1.29 is 33.8 Å². The maximum absolute atomic E-state index is 12.9. The van der Waals surface area contributed by atoms with E-state index in [2.05, 4.69) is 5.32 Å². The van der Waals surface area contributed by atoms with Crippen LogP contribution >= 0.6 is 0 Å². The smallest absolute Gasteiger partial charge is 0.407 e. The highest BCUT2D eigenvalue weighted by atomic mass is 16.6. The van der Waals surface area contributed by atoms with E-state index in [1.165, 1.54) is 4.90 Å². The van der Waals surface area contributed by atoms with Crippen LogP contribution in [0.5, 0.6) is 0 Å². The quantitative estimate of drug-likeness (QED) is 0.514. The third-order valence-electron chi connectivity index (χ3n) is 6.88. The first-order valence-corrected chi connectivity index (χ1v) is 13.1. The molecule has 0 bridgehead atoms. The lowest BCUT2D eigenvalue weighted by molar-refractivity contribution is -0.157. The summed E-state index contributed by atoms with van der Waals surface area (Å²) in [5, 5.41) is 11.7. The van der Waals surface area contributed by atoms with Crippen molar-refractivity contribution in [2.45, 2.75) is 51.2 Å². The van der Waals surface area contributed by atoms with Gasteiger partial charge in [0.25, 0.3) is 0 Å². The van der Waals surface area contributed by atoms with Gasteiger partial charge in [-0.05, 0) is 49.4 Å². The second kappa shape index (κ2) is 11.8. The Kier molecular flexibility index (Phi) is 8.42. The molecule has 0 radical (unpaired) electrons. The average molecular weight is 538 g/mol. The van der Waals surface area contributed by atoms with Crippen molar-refractivity contribution in [3.8, 4) is 11.1 Å². The van der Waals surface area contributed by atoms with Gasteiger partial charge in [0.15, 0.2) is 0 Å². The van der Waals surface area contributed by atoms with Gasteiger partial charge in [-0.1, -0.05) is 48.5 Å². The van der Waals surface area contributed by atoms with Gasteiger partial charge in [0.05, 0.1) is 0 Å². The van der Waals surface area contributed by atoms with Gasteiger partial charge >= 0.3 is 18.2 Å². The Morgan fingerprint density at radius 3 is 2.00 bits per heavy atom. The van der Waals surface area contributed by atoms with Gasteiger partial charge in [-0.3, -0.25) is 4.79 Å². The largest absolute Gasteiger partial charge is 0.465 e. The number of alkyl carbamates (subject to hydrolysis) is 1. The number of hydrogen-bond donors (Lipinski definition) is 2. The number of nitrogens with zero attached hydrogens (tertiary/aromatic N) is 2. The zero-order chi connectivity index (χ0) is 28.2. The van der Waals surface area contributed by atoms with Crippen molar-refractivity contribution in [2.24, 2.45) is 0 Å². The summed E-state index contributed by atoms with van der Waals surface area (Å²) in [7, 11) is 0. The molecule has 2 aromatic carbocycles. The molecule has 1 atom stereocenters. The van der Waals surface area contributed by atoms with Crippen molar-refractivity contribution in [1.29, 1.82) is 0 Å². The molecule has 4 rings (SSSR count). The first-order valence-electron chi connectivity index (χ1n) is 13.1. The lowest BCUT2D eigenvalue weighted by atomic mass is 9.98. The molecule has 39 heavy (non-hydrogen) atoms. The maximum atomic E-state index is 12.9. The van der Waals surface area contributed by atoms with E-state index in [1.807, 2.05) is 48.5 Å². The normalized spacial score (nSPS) is 15.7. The number of rotatable bonds is 7. The first kappa shape index (κ1) is 27.9. The van der Waals surface area contributed by atoms with Crippen LogP contribution in [0.2, 0.25) is 0 Å².